The second kappa shape index (κ2) is 5.67. The molecule has 0 bridgehead atoms. The Morgan fingerprint density at radius 1 is 1.30 bits per heavy atom. The monoisotopic (exact) mass is 334 g/mol. The number of hydrogen-bond acceptors (Lipinski definition) is 2. The van der Waals surface area contributed by atoms with E-state index in [-0.39, 0.29) is 16.9 Å². The number of nitrogens with zero attached hydrogens (tertiary/aromatic N) is 1. The number of rotatable bonds is 3. The van der Waals surface area contributed by atoms with Gasteiger partial charge in [-0.3, -0.25) is 0 Å². The van der Waals surface area contributed by atoms with E-state index >= 15 is 0 Å². The Morgan fingerprint density at radius 3 is 2.87 bits per heavy atom. The average Bonchev–Trinajstić information content (AvgIpc) is 3.02. The van der Waals surface area contributed by atoms with Crippen LogP contribution in [0.3, 0.4) is 0 Å². The van der Waals surface area contributed by atoms with Gasteiger partial charge in [0, 0.05) is 42.1 Å². The summed E-state index contributed by atoms with van der Waals surface area (Å²) in [5.41, 5.74) is 1.56. The molecule has 4 rings (SSSR count). The lowest BCUT2D eigenvalue weighted by molar-refractivity contribution is 0.152. The fourth-order valence-corrected chi connectivity index (χ4v) is 4.16. The molecule has 3 fully saturated rings. The second-order valence-electron chi connectivity index (χ2n) is 7.42. The Hall–Kier alpha value is -1.26. The standard InChI is InChI=1S/C18H23ClN2O2/c19-15-3-1-2-14(10-15)18(4-5-18)11-20-16(22)21-8-6-17(12-21)7-9-23-13-17/h1-3,10H,4-9,11-13H2,(H,20,22). The van der Waals surface area contributed by atoms with Crippen molar-refractivity contribution in [3.05, 3.63) is 34.9 Å². The largest absolute Gasteiger partial charge is 0.381 e. The van der Waals surface area contributed by atoms with Crippen LogP contribution in [0.25, 0.3) is 0 Å². The lowest BCUT2D eigenvalue weighted by Crippen LogP contribution is -2.42. The summed E-state index contributed by atoms with van der Waals surface area (Å²) in [6.07, 6.45) is 4.39. The van der Waals surface area contributed by atoms with E-state index in [1.807, 2.05) is 23.1 Å². The van der Waals surface area contributed by atoms with Crippen LogP contribution in [0.2, 0.25) is 5.02 Å². The van der Waals surface area contributed by atoms with Crippen LogP contribution in [0.1, 0.15) is 31.2 Å². The lowest BCUT2D eigenvalue weighted by Gasteiger charge is -2.24. The molecule has 1 unspecified atom stereocenters. The smallest absolute Gasteiger partial charge is 0.317 e. The van der Waals surface area contributed by atoms with Gasteiger partial charge in [-0.05, 0) is 43.4 Å². The normalized spacial score (nSPS) is 28.3. The van der Waals surface area contributed by atoms with Crippen molar-refractivity contribution in [2.75, 3.05) is 32.8 Å². The van der Waals surface area contributed by atoms with Gasteiger partial charge < -0.3 is 15.0 Å². The molecule has 23 heavy (non-hydrogen) atoms. The highest BCUT2D eigenvalue weighted by Gasteiger charge is 2.46. The third-order valence-corrected chi connectivity index (χ3v) is 6.01. The number of carbonyl (C=O) groups is 1. The zero-order chi connectivity index (χ0) is 15.9. The molecule has 1 N–H and O–H groups in total. The molecule has 2 aliphatic heterocycles. The zero-order valence-electron chi connectivity index (χ0n) is 13.3. The third-order valence-electron chi connectivity index (χ3n) is 5.78. The number of halogens is 1. The minimum atomic E-state index is 0.0714. The predicted molar refractivity (Wildman–Crippen MR) is 89.8 cm³/mol. The summed E-state index contributed by atoms with van der Waals surface area (Å²) in [6, 6.07) is 8.10. The first-order chi connectivity index (χ1) is 11.1. The van der Waals surface area contributed by atoms with E-state index in [0.717, 1.165) is 57.0 Å². The van der Waals surface area contributed by atoms with E-state index in [1.54, 1.807) is 0 Å². The Balaban J connectivity index is 1.35. The molecule has 1 aromatic rings. The summed E-state index contributed by atoms with van der Waals surface area (Å²) >= 11 is 6.11. The Labute approximate surface area is 142 Å². The fourth-order valence-electron chi connectivity index (χ4n) is 3.97. The van der Waals surface area contributed by atoms with Crippen molar-refractivity contribution in [1.29, 1.82) is 0 Å². The maximum absolute atomic E-state index is 12.5. The topological polar surface area (TPSA) is 41.6 Å². The van der Waals surface area contributed by atoms with Gasteiger partial charge in [-0.1, -0.05) is 23.7 Å². The van der Waals surface area contributed by atoms with Crippen molar-refractivity contribution >= 4 is 17.6 Å². The second-order valence-corrected chi connectivity index (χ2v) is 7.86. The SMILES string of the molecule is O=C(NCC1(c2cccc(Cl)c2)CC1)N1CCC2(CCOC2)C1. The maximum Gasteiger partial charge on any atom is 0.317 e. The fraction of sp³-hybridized carbons (Fsp3) is 0.611. The van der Waals surface area contributed by atoms with Crippen molar-refractivity contribution in [3.63, 3.8) is 0 Å². The maximum atomic E-state index is 12.5. The molecule has 124 valence electrons. The summed E-state index contributed by atoms with van der Waals surface area (Å²) in [5.74, 6) is 0. The number of urea groups is 1. The van der Waals surface area contributed by atoms with Gasteiger partial charge in [-0.25, -0.2) is 4.79 Å². The van der Waals surface area contributed by atoms with E-state index in [2.05, 4.69) is 11.4 Å². The van der Waals surface area contributed by atoms with Crippen molar-refractivity contribution in [2.24, 2.45) is 5.41 Å². The van der Waals surface area contributed by atoms with Gasteiger partial charge >= 0.3 is 6.03 Å². The number of nitrogens with one attached hydrogen (secondary N) is 1. The summed E-state index contributed by atoms with van der Waals surface area (Å²) in [4.78, 5) is 14.5. The number of amides is 2. The van der Waals surface area contributed by atoms with Gasteiger partial charge in [0.05, 0.1) is 6.61 Å². The minimum Gasteiger partial charge on any atom is -0.381 e. The molecule has 2 heterocycles. The highest BCUT2D eigenvalue weighted by molar-refractivity contribution is 6.30. The molecule has 0 aromatic heterocycles. The number of likely N-dealkylation sites (tertiary alicyclic amines) is 1. The highest BCUT2D eigenvalue weighted by atomic mass is 35.5. The highest BCUT2D eigenvalue weighted by Crippen LogP contribution is 2.48. The van der Waals surface area contributed by atoms with Crippen LogP contribution in [-0.2, 0) is 10.2 Å². The van der Waals surface area contributed by atoms with Crippen molar-refractivity contribution in [3.8, 4) is 0 Å². The van der Waals surface area contributed by atoms with Crippen LogP contribution in [-0.4, -0.2) is 43.8 Å². The lowest BCUT2D eigenvalue weighted by atomic mass is 9.87. The average molecular weight is 335 g/mol. The van der Waals surface area contributed by atoms with Gasteiger partial charge in [0.2, 0.25) is 0 Å². The number of carbonyl (C=O) groups excluding carboxylic acids is 1. The first-order valence-electron chi connectivity index (χ1n) is 8.48. The van der Waals surface area contributed by atoms with E-state index in [4.69, 9.17) is 16.3 Å². The number of hydrogen-bond donors (Lipinski definition) is 1. The molecule has 1 saturated carbocycles. The Morgan fingerprint density at radius 2 is 2.17 bits per heavy atom. The molecule has 5 heteroatoms. The van der Waals surface area contributed by atoms with Crippen molar-refractivity contribution in [1.82, 2.24) is 10.2 Å². The van der Waals surface area contributed by atoms with E-state index in [0.29, 0.717) is 6.54 Å². The van der Waals surface area contributed by atoms with Crippen molar-refractivity contribution < 1.29 is 9.53 Å². The van der Waals surface area contributed by atoms with Crippen LogP contribution in [0.5, 0.6) is 0 Å². The molecule has 2 amide bonds. The van der Waals surface area contributed by atoms with Crippen LogP contribution < -0.4 is 5.32 Å². The summed E-state index contributed by atoms with van der Waals surface area (Å²) in [6.45, 7) is 4.03. The summed E-state index contributed by atoms with van der Waals surface area (Å²) in [7, 11) is 0. The molecule has 1 atom stereocenters. The zero-order valence-corrected chi connectivity index (χ0v) is 14.1. The molecule has 1 aromatic carbocycles. The van der Waals surface area contributed by atoms with E-state index in [9.17, 15) is 4.79 Å². The molecular weight excluding hydrogens is 312 g/mol. The van der Waals surface area contributed by atoms with Gasteiger partial charge in [0.15, 0.2) is 0 Å². The van der Waals surface area contributed by atoms with Gasteiger partial charge in [0.25, 0.3) is 0 Å². The molecular formula is C18H23ClN2O2. The first-order valence-corrected chi connectivity index (χ1v) is 8.85. The molecule has 1 aliphatic carbocycles. The van der Waals surface area contributed by atoms with Crippen LogP contribution in [0.4, 0.5) is 4.79 Å². The molecule has 2 saturated heterocycles. The molecule has 4 nitrogen and oxygen atoms in total. The minimum absolute atomic E-state index is 0.0714. The van der Waals surface area contributed by atoms with E-state index in [1.165, 1.54) is 5.56 Å². The number of ether oxygens (including phenoxy) is 1. The van der Waals surface area contributed by atoms with Gasteiger partial charge in [-0.15, -0.1) is 0 Å². The van der Waals surface area contributed by atoms with Gasteiger partial charge in [0.1, 0.15) is 0 Å². The Bertz CT molecular complexity index is 609. The van der Waals surface area contributed by atoms with Crippen LogP contribution in [0.15, 0.2) is 24.3 Å². The summed E-state index contributed by atoms with van der Waals surface area (Å²) in [5, 5.41) is 3.92. The molecule has 0 radical (unpaired) electrons. The van der Waals surface area contributed by atoms with Crippen LogP contribution >= 0.6 is 11.6 Å². The van der Waals surface area contributed by atoms with Crippen molar-refractivity contribution in [2.45, 2.75) is 31.1 Å². The summed E-state index contributed by atoms with van der Waals surface area (Å²) < 4.78 is 5.53. The first kappa shape index (κ1) is 15.3. The number of benzene rings is 1. The predicted octanol–water partition coefficient (Wildman–Crippen LogP) is 3.19. The molecule has 1 spiro atoms. The molecule has 3 aliphatic rings. The third kappa shape index (κ3) is 2.94. The van der Waals surface area contributed by atoms with Crippen LogP contribution in [0, 0.1) is 5.41 Å². The van der Waals surface area contributed by atoms with Gasteiger partial charge in [-0.2, -0.15) is 0 Å². The Kier molecular flexibility index (Phi) is 3.77. The van der Waals surface area contributed by atoms with E-state index < -0.39 is 0 Å². The quantitative estimate of drug-likeness (QED) is 0.922.